The van der Waals surface area contributed by atoms with Gasteiger partial charge in [-0.05, 0) is 31.2 Å². The third-order valence-electron chi connectivity index (χ3n) is 4.81. The van der Waals surface area contributed by atoms with Crippen LogP contribution in [0.25, 0.3) is 11.0 Å². The second-order valence-electron chi connectivity index (χ2n) is 6.55. The molecule has 1 aromatic heterocycles. The topological polar surface area (TPSA) is 96.6 Å². The molecule has 0 spiro atoms. The Kier molecular flexibility index (Phi) is 4.62. The molecule has 0 amide bonds. The number of phenolic OH excluding ortho intramolecular Hbond substituents is 1. The summed E-state index contributed by atoms with van der Waals surface area (Å²) in [6.07, 6.45) is -1.02. The first-order chi connectivity index (χ1) is 14.0. The fourth-order valence-electron chi connectivity index (χ4n) is 3.40. The van der Waals surface area contributed by atoms with Crippen molar-refractivity contribution in [3.05, 3.63) is 46.3 Å². The standard InChI is InChI=1S/C21H20O8/c1-10-18(12-8-13(24-2)17(23)14(9-12)25-3)29-20-15(26-4)7-11-5-6-16(22)28-19(11)21(20)27-10/h5-10,18,23H,1-4H3/t10-,18+/m1/s1. The minimum absolute atomic E-state index is 0.103. The molecule has 2 heterocycles. The van der Waals surface area contributed by atoms with Crippen LogP contribution in [0.5, 0.6) is 34.5 Å². The van der Waals surface area contributed by atoms with Gasteiger partial charge >= 0.3 is 5.63 Å². The summed E-state index contributed by atoms with van der Waals surface area (Å²) < 4.78 is 33.6. The van der Waals surface area contributed by atoms with Gasteiger partial charge in [-0.25, -0.2) is 4.79 Å². The molecule has 1 aliphatic rings. The lowest BCUT2D eigenvalue weighted by Crippen LogP contribution is -2.31. The van der Waals surface area contributed by atoms with Crippen LogP contribution < -0.4 is 29.3 Å². The summed E-state index contributed by atoms with van der Waals surface area (Å²) in [6, 6.07) is 7.99. The number of ether oxygens (including phenoxy) is 5. The quantitative estimate of drug-likeness (QED) is 0.666. The molecule has 0 fully saturated rings. The molecule has 152 valence electrons. The van der Waals surface area contributed by atoms with Crippen LogP contribution >= 0.6 is 0 Å². The molecule has 1 N–H and O–H groups in total. The number of benzene rings is 2. The fourth-order valence-corrected chi connectivity index (χ4v) is 3.40. The van der Waals surface area contributed by atoms with Gasteiger partial charge in [0.1, 0.15) is 6.10 Å². The van der Waals surface area contributed by atoms with Gasteiger partial charge in [0.05, 0.1) is 21.3 Å². The van der Waals surface area contributed by atoms with E-state index in [1.54, 1.807) is 24.3 Å². The van der Waals surface area contributed by atoms with Crippen LogP contribution in [0.3, 0.4) is 0 Å². The van der Waals surface area contributed by atoms with Crippen LogP contribution in [0.4, 0.5) is 0 Å². The van der Waals surface area contributed by atoms with Crippen LogP contribution in [-0.2, 0) is 0 Å². The number of hydrogen-bond acceptors (Lipinski definition) is 8. The molecule has 1 aliphatic heterocycles. The van der Waals surface area contributed by atoms with Gasteiger partial charge in [0.2, 0.25) is 17.2 Å². The minimum Gasteiger partial charge on any atom is -0.502 e. The summed E-state index contributed by atoms with van der Waals surface area (Å²) in [4.78, 5) is 11.7. The van der Waals surface area contributed by atoms with Crippen LogP contribution in [0.2, 0.25) is 0 Å². The van der Waals surface area contributed by atoms with E-state index in [0.717, 1.165) is 0 Å². The average molecular weight is 400 g/mol. The monoisotopic (exact) mass is 400 g/mol. The van der Waals surface area contributed by atoms with Crippen LogP contribution in [0.1, 0.15) is 18.6 Å². The molecule has 0 aliphatic carbocycles. The lowest BCUT2D eigenvalue weighted by atomic mass is 10.0. The van der Waals surface area contributed by atoms with E-state index in [9.17, 15) is 9.90 Å². The highest BCUT2D eigenvalue weighted by atomic mass is 16.6. The Bertz CT molecular complexity index is 1110. The number of rotatable bonds is 4. The predicted molar refractivity (Wildman–Crippen MR) is 104 cm³/mol. The van der Waals surface area contributed by atoms with Crippen molar-refractivity contribution >= 4 is 11.0 Å². The smallest absolute Gasteiger partial charge is 0.336 e. The molecular weight excluding hydrogens is 380 g/mol. The van der Waals surface area contributed by atoms with Gasteiger partial charge in [-0.3, -0.25) is 0 Å². The van der Waals surface area contributed by atoms with E-state index in [4.69, 9.17) is 28.1 Å². The number of methoxy groups -OCH3 is 3. The molecule has 0 saturated heterocycles. The first-order valence-corrected chi connectivity index (χ1v) is 8.89. The molecule has 8 nitrogen and oxygen atoms in total. The van der Waals surface area contributed by atoms with Crippen molar-refractivity contribution < 1.29 is 33.2 Å². The number of fused-ring (bicyclic) bond motifs is 3. The van der Waals surface area contributed by atoms with E-state index in [-0.39, 0.29) is 17.2 Å². The zero-order valence-corrected chi connectivity index (χ0v) is 16.3. The van der Waals surface area contributed by atoms with E-state index < -0.39 is 17.8 Å². The van der Waals surface area contributed by atoms with Gasteiger partial charge in [-0.15, -0.1) is 0 Å². The fraction of sp³-hybridized carbons (Fsp3) is 0.286. The third-order valence-corrected chi connectivity index (χ3v) is 4.81. The highest BCUT2D eigenvalue weighted by molar-refractivity contribution is 5.88. The van der Waals surface area contributed by atoms with Crippen molar-refractivity contribution in [2.24, 2.45) is 0 Å². The summed E-state index contributed by atoms with van der Waals surface area (Å²) in [5, 5.41) is 10.8. The molecule has 29 heavy (non-hydrogen) atoms. The van der Waals surface area contributed by atoms with Crippen LogP contribution in [0.15, 0.2) is 39.5 Å². The number of phenols is 1. The molecule has 0 radical (unpaired) electrons. The van der Waals surface area contributed by atoms with E-state index in [1.165, 1.54) is 27.4 Å². The lowest BCUT2D eigenvalue weighted by Gasteiger charge is -2.33. The Balaban J connectivity index is 1.86. The normalized spacial score (nSPS) is 17.8. The minimum atomic E-state index is -0.562. The van der Waals surface area contributed by atoms with Crippen molar-refractivity contribution in [1.82, 2.24) is 0 Å². The van der Waals surface area contributed by atoms with Crippen molar-refractivity contribution in [1.29, 1.82) is 0 Å². The first-order valence-electron chi connectivity index (χ1n) is 8.89. The Labute approximate surface area is 166 Å². The van der Waals surface area contributed by atoms with Gasteiger partial charge < -0.3 is 33.2 Å². The maximum Gasteiger partial charge on any atom is 0.336 e. The maximum absolute atomic E-state index is 11.7. The Morgan fingerprint density at radius 2 is 1.55 bits per heavy atom. The van der Waals surface area contributed by atoms with E-state index in [0.29, 0.717) is 33.8 Å². The molecular formula is C21H20O8. The molecule has 2 aromatic carbocycles. The summed E-state index contributed by atoms with van der Waals surface area (Å²) >= 11 is 0. The third kappa shape index (κ3) is 3.06. The Hall–Kier alpha value is -3.55. The Morgan fingerprint density at radius 3 is 2.17 bits per heavy atom. The van der Waals surface area contributed by atoms with Gasteiger partial charge in [0.25, 0.3) is 0 Å². The van der Waals surface area contributed by atoms with E-state index in [1.807, 2.05) is 6.92 Å². The Morgan fingerprint density at radius 1 is 0.897 bits per heavy atom. The van der Waals surface area contributed by atoms with Crippen molar-refractivity contribution in [2.45, 2.75) is 19.1 Å². The van der Waals surface area contributed by atoms with Crippen LogP contribution in [0, 0.1) is 0 Å². The van der Waals surface area contributed by atoms with Crippen molar-refractivity contribution in [2.75, 3.05) is 21.3 Å². The summed E-state index contributed by atoms with van der Waals surface area (Å²) in [5.41, 5.74) is 0.474. The summed E-state index contributed by atoms with van der Waals surface area (Å²) in [6.45, 7) is 1.83. The zero-order valence-electron chi connectivity index (χ0n) is 16.3. The highest BCUT2D eigenvalue weighted by Gasteiger charge is 2.35. The highest BCUT2D eigenvalue weighted by Crippen LogP contribution is 2.50. The average Bonchev–Trinajstić information content (AvgIpc) is 2.73. The molecule has 0 bridgehead atoms. The molecule has 0 unspecified atom stereocenters. The zero-order chi connectivity index (χ0) is 20.7. The van der Waals surface area contributed by atoms with Gasteiger partial charge in [0, 0.05) is 17.0 Å². The SMILES string of the molecule is COc1cc([C@H]2Oc3c(OC)cc4ccc(=O)oc4c3O[C@@H]2C)cc(OC)c1O. The van der Waals surface area contributed by atoms with Crippen molar-refractivity contribution in [3.8, 4) is 34.5 Å². The van der Waals surface area contributed by atoms with E-state index >= 15 is 0 Å². The summed E-state index contributed by atoms with van der Waals surface area (Å²) in [7, 11) is 4.42. The second-order valence-corrected chi connectivity index (χ2v) is 6.55. The molecule has 3 aromatic rings. The van der Waals surface area contributed by atoms with Crippen molar-refractivity contribution in [3.63, 3.8) is 0 Å². The molecule has 0 saturated carbocycles. The predicted octanol–water partition coefficient (Wildman–Crippen LogP) is 3.43. The lowest BCUT2D eigenvalue weighted by molar-refractivity contribution is 0.0284. The van der Waals surface area contributed by atoms with E-state index in [2.05, 4.69) is 0 Å². The second kappa shape index (κ2) is 7.12. The number of hydrogen-bond donors (Lipinski definition) is 1. The summed E-state index contributed by atoms with van der Waals surface area (Å²) in [5.74, 6) is 1.46. The van der Waals surface area contributed by atoms with Gasteiger partial charge in [-0.1, -0.05) is 0 Å². The maximum atomic E-state index is 11.7. The van der Waals surface area contributed by atoms with Gasteiger partial charge in [-0.2, -0.15) is 0 Å². The molecule has 2 atom stereocenters. The molecule has 8 heteroatoms. The van der Waals surface area contributed by atoms with Gasteiger partial charge in [0.15, 0.2) is 28.9 Å². The number of aromatic hydroxyl groups is 1. The molecule has 4 rings (SSSR count). The largest absolute Gasteiger partial charge is 0.502 e. The first kappa shape index (κ1) is 18.8. The van der Waals surface area contributed by atoms with Crippen LogP contribution in [-0.4, -0.2) is 32.5 Å².